The zero-order valence-electron chi connectivity index (χ0n) is 25.0. The number of fused-ring (bicyclic) bond motifs is 4. The van der Waals surface area contributed by atoms with Crippen LogP contribution in [-0.4, -0.2) is 47.8 Å². The molecule has 0 radical (unpaired) electrons. The molecule has 14 heteroatoms. The predicted octanol–water partition coefficient (Wildman–Crippen LogP) is 7.86. The van der Waals surface area contributed by atoms with Crippen molar-refractivity contribution in [3.05, 3.63) is 119 Å². The summed E-state index contributed by atoms with van der Waals surface area (Å²) in [6.07, 6.45) is -0.817. The Kier molecular flexibility index (Phi) is 12.5. The molecule has 0 saturated heterocycles. The van der Waals surface area contributed by atoms with Crippen molar-refractivity contribution in [2.24, 2.45) is 11.5 Å². The highest BCUT2D eigenvalue weighted by molar-refractivity contribution is 6.05. The van der Waals surface area contributed by atoms with Gasteiger partial charge in [0, 0.05) is 0 Å². The third kappa shape index (κ3) is 10.2. The Labute approximate surface area is 271 Å². The van der Waals surface area contributed by atoms with Crippen molar-refractivity contribution in [1.29, 1.82) is 0 Å². The highest BCUT2D eigenvalue weighted by atomic mass is 19.4. The first kappa shape index (κ1) is 36.9. The number of alkyl halides is 6. The molecule has 0 unspecified atom stereocenters. The van der Waals surface area contributed by atoms with Gasteiger partial charge in [-0.25, -0.2) is 9.59 Å². The zero-order valence-corrected chi connectivity index (χ0v) is 25.0. The SMILES string of the molecule is NC(=O)N1c2ccccc2C=Cc2ccccc21.NC(=O)N1c2ccccc2C=Cc2ccccc21.OCC(F)(F)F.OCC(F)(F)F. The molecule has 0 fully saturated rings. The van der Waals surface area contributed by atoms with Crippen LogP contribution in [0.5, 0.6) is 0 Å². The van der Waals surface area contributed by atoms with E-state index in [4.69, 9.17) is 21.7 Å². The first-order valence-electron chi connectivity index (χ1n) is 13.9. The maximum absolute atomic E-state index is 11.8. The first-order chi connectivity index (χ1) is 22.7. The summed E-state index contributed by atoms with van der Waals surface area (Å²) in [4.78, 5) is 26.6. The fourth-order valence-corrected chi connectivity index (χ4v) is 4.42. The molecule has 8 nitrogen and oxygen atoms in total. The van der Waals surface area contributed by atoms with E-state index in [1.807, 2.05) is 121 Å². The van der Waals surface area contributed by atoms with Gasteiger partial charge in [-0.3, -0.25) is 9.80 Å². The summed E-state index contributed by atoms with van der Waals surface area (Å²) in [5.74, 6) is 0. The van der Waals surface area contributed by atoms with Crippen LogP contribution in [0.3, 0.4) is 0 Å². The number of anilines is 4. The van der Waals surface area contributed by atoms with Gasteiger partial charge in [0.1, 0.15) is 13.2 Å². The number of carbonyl (C=O) groups is 2. The van der Waals surface area contributed by atoms with Crippen molar-refractivity contribution in [3.63, 3.8) is 0 Å². The smallest absolute Gasteiger partial charge is 0.387 e. The zero-order chi connectivity index (χ0) is 35.5. The molecule has 4 aromatic carbocycles. The number of hydrogen-bond acceptors (Lipinski definition) is 4. The highest BCUT2D eigenvalue weighted by Gasteiger charge is 2.25. The van der Waals surface area contributed by atoms with Gasteiger partial charge in [0.05, 0.1) is 22.7 Å². The monoisotopic (exact) mass is 672 g/mol. The van der Waals surface area contributed by atoms with E-state index < -0.39 is 37.6 Å². The Morgan fingerprint density at radius 3 is 0.833 bits per heavy atom. The van der Waals surface area contributed by atoms with Gasteiger partial charge in [-0.05, 0) is 46.5 Å². The number of halogens is 6. The minimum absolute atomic E-state index is 0.474. The van der Waals surface area contributed by atoms with Gasteiger partial charge >= 0.3 is 24.4 Å². The molecule has 0 saturated carbocycles. The van der Waals surface area contributed by atoms with Crippen molar-refractivity contribution in [2.45, 2.75) is 12.4 Å². The molecule has 0 spiro atoms. The number of rotatable bonds is 0. The summed E-state index contributed by atoms with van der Waals surface area (Å²) in [5, 5.41) is 14.6. The summed E-state index contributed by atoms with van der Waals surface area (Å²) in [6, 6.07) is 29.9. The maximum atomic E-state index is 11.8. The van der Waals surface area contributed by atoms with E-state index in [0.29, 0.717) is 0 Å². The van der Waals surface area contributed by atoms with Crippen LogP contribution in [0.2, 0.25) is 0 Å². The van der Waals surface area contributed by atoms with E-state index in [9.17, 15) is 35.9 Å². The molecule has 6 rings (SSSR count). The summed E-state index contributed by atoms with van der Waals surface area (Å²) in [7, 11) is 0. The van der Waals surface area contributed by atoms with Gasteiger partial charge in [-0.1, -0.05) is 97.1 Å². The van der Waals surface area contributed by atoms with E-state index in [1.165, 1.54) is 0 Å². The number of para-hydroxylation sites is 4. The molecule has 2 heterocycles. The van der Waals surface area contributed by atoms with Gasteiger partial charge in [-0.2, -0.15) is 26.3 Å². The first-order valence-corrected chi connectivity index (χ1v) is 13.9. The van der Waals surface area contributed by atoms with Crippen LogP contribution < -0.4 is 21.3 Å². The third-order valence-corrected chi connectivity index (χ3v) is 6.39. The topological polar surface area (TPSA) is 133 Å². The van der Waals surface area contributed by atoms with Gasteiger partial charge in [0.15, 0.2) is 0 Å². The number of benzene rings is 4. The molecule has 4 aromatic rings. The van der Waals surface area contributed by atoms with Crippen molar-refractivity contribution in [1.82, 2.24) is 0 Å². The fourth-order valence-electron chi connectivity index (χ4n) is 4.42. The standard InChI is InChI=1S/2C15H12N2O.2C2H3F3O/c2*16-15(18)17-13-7-3-1-5-11(13)9-10-12-6-2-4-8-14(12)17;2*3-2(4,5)1-6/h2*1-10H,(H2,16,18);2*6H,1H2. The van der Waals surface area contributed by atoms with E-state index >= 15 is 0 Å². The van der Waals surface area contributed by atoms with E-state index in [1.54, 1.807) is 9.80 Å². The van der Waals surface area contributed by atoms with Crippen molar-refractivity contribution in [3.8, 4) is 0 Å². The summed E-state index contributed by atoms with van der Waals surface area (Å²) in [6.45, 7) is -3.46. The number of hydrogen-bond donors (Lipinski definition) is 4. The van der Waals surface area contributed by atoms with Crippen LogP contribution in [0.1, 0.15) is 22.3 Å². The normalized spacial score (nSPS) is 12.4. The molecule has 0 aromatic heterocycles. The summed E-state index contributed by atoms with van der Waals surface area (Å²) in [5.41, 5.74) is 18.2. The predicted molar refractivity (Wildman–Crippen MR) is 173 cm³/mol. The van der Waals surface area contributed by atoms with Crippen LogP contribution in [-0.2, 0) is 0 Å². The molecule has 4 amide bonds. The number of aliphatic hydroxyl groups is 2. The lowest BCUT2D eigenvalue weighted by atomic mass is 10.1. The molecule has 0 bridgehead atoms. The number of carbonyl (C=O) groups excluding carboxylic acids is 2. The number of amides is 4. The number of urea groups is 2. The lowest BCUT2D eigenvalue weighted by Crippen LogP contribution is -2.32. The number of nitrogens with zero attached hydrogens (tertiary/aromatic N) is 2. The molecule has 2 aliphatic heterocycles. The van der Waals surface area contributed by atoms with Crippen LogP contribution in [0.15, 0.2) is 97.1 Å². The van der Waals surface area contributed by atoms with E-state index in [2.05, 4.69) is 0 Å². The molecule has 2 aliphatic rings. The lowest BCUT2D eigenvalue weighted by molar-refractivity contribution is -0.160. The molecule has 6 N–H and O–H groups in total. The highest BCUT2D eigenvalue weighted by Crippen LogP contribution is 2.37. The van der Waals surface area contributed by atoms with Crippen LogP contribution >= 0.6 is 0 Å². The largest absolute Gasteiger partial charge is 0.411 e. The second-order valence-electron chi connectivity index (χ2n) is 9.80. The molecule has 0 aliphatic carbocycles. The van der Waals surface area contributed by atoms with E-state index in [-0.39, 0.29) is 0 Å². The number of aliphatic hydroxyl groups excluding tert-OH is 2. The molecular formula is C34H30F6N4O4. The van der Waals surface area contributed by atoms with Gasteiger partial charge in [0.25, 0.3) is 0 Å². The Hall–Kier alpha value is -5.60. The minimum atomic E-state index is -4.40. The molecule has 48 heavy (non-hydrogen) atoms. The minimum Gasteiger partial charge on any atom is -0.387 e. The Bertz CT molecular complexity index is 1540. The Morgan fingerprint density at radius 2 is 0.667 bits per heavy atom. The van der Waals surface area contributed by atoms with Crippen LogP contribution in [0.4, 0.5) is 58.7 Å². The third-order valence-electron chi connectivity index (χ3n) is 6.39. The fraction of sp³-hybridized carbons (Fsp3) is 0.118. The number of nitrogens with two attached hydrogens (primary N) is 2. The van der Waals surface area contributed by atoms with Crippen molar-refractivity contribution >= 4 is 59.1 Å². The second-order valence-corrected chi connectivity index (χ2v) is 9.80. The maximum Gasteiger partial charge on any atom is 0.411 e. The van der Waals surface area contributed by atoms with Crippen LogP contribution in [0.25, 0.3) is 24.3 Å². The van der Waals surface area contributed by atoms with E-state index in [0.717, 1.165) is 45.0 Å². The van der Waals surface area contributed by atoms with Crippen molar-refractivity contribution < 1.29 is 46.1 Å². The van der Waals surface area contributed by atoms with Crippen LogP contribution in [0, 0.1) is 0 Å². The Morgan fingerprint density at radius 1 is 0.479 bits per heavy atom. The average molecular weight is 673 g/mol. The van der Waals surface area contributed by atoms with Gasteiger partial charge < -0.3 is 21.7 Å². The summed E-state index contributed by atoms with van der Waals surface area (Å²) < 4.78 is 63.2. The summed E-state index contributed by atoms with van der Waals surface area (Å²) >= 11 is 0. The Balaban J connectivity index is 0.000000196. The molecule has 0 atom stereocenters. The number of primary amides is 2. The van der Waals surface area contributed by atoms with Gasteiger partial charge in [-0.15, -0.1) is 0 Å². The van der Waals surface area contributed by atoms with Gasteiger partial charge in [0.2, 0.25) is 0 Å². The quantitative estimate of drug-likeness (QED) is 0.142. The average Bonchev–Trinajstić information content (AvgIpc) is 3.33. The lowest BCUT2D eigenvalue weighted by Gasteiger charge is -2.22. The van der Waals surface area contributed by atoms with Crippen molar-refractivity contribution in [2.75, 3.05) is 23.0 Å². The second kappa shape index (κ2) is 16.3. The molecular weight excluding hydrogens is 642 g/mol. The molecule has 252 valence electrons.